The van der Waals surface area contributed by atoms with E-state index in [9.17, 15) is 0 Å². The predicted octanol–water partition coefficient (Wildman–Crippen LogP) is 2.43. The van der Waals surface area contributed by atoms with Crippen molar-refractivity contribution in [2.45, 2.75) is 32.4 Å². The fourth-order valence-corrected chi connectivity index (χ4v) is 3.46. The first-order valence-corrected chi connectivity index (χ1v) is 9.88. The van der Waals surface area contributed by atoms with Crippen molar-refractivity contribution in [1.29, 1.82) is 0 Å². The van der Waals surface area contributed by atoms with Gasteiger partial charge in [-0.15, -0.1) is 0 Å². The van der Waals surface area contributed by atoms with Crippen molar-refractivity contribution in [3.8, 4) is 11.5 Å². The monoisotopic (exact) mass is 385 g/mol. The number of rotatable bonds is 8. The lowest BCUT2D eigenvalue weighted by atomic mass is 10.1. The van der Waals surface area contributed by atoms with E-state index in [4.69, 9.17) is 9.15 Å². The van der Waals surface area contributed by atoms with Crippen LogP contribution in [0.25, 0.3) is 11.5 Å². The molecule has 2 N–H and O–H groups in total. The summed E-state index contributed by atoms with van der Waals surface area (Å²) < 4.78 is 10.8. The Balaban J connectivity index is 1.47. The van der Waals surface area contributed by atoms with Gasteiger partial charge in [-0.2, -0.15) is 0 Å². The maximum Gasteiger partial charge on any atom is 0.226 e. The van der Waals surface area contributed by atoms with Gasteiger partial charge in [0.25, 0.3) is 0 Å². The van der Waals surface area contributed by atoms with Crippen LogP contribution in [0.2, 0.25) is 0 Å². The smallest absolute Gasteiger partial charge is 0.226 e. The number of aromatic nitrogens is 1. The molecule has 1 atom stereocenters. The van der Waals surface area contributed by atoms with Crippen LogP contribution < -0.4 is 10.6 Å². The zero-order valence-corrected chi connectivity index (χ0v) is 17.1. The Labute approximate surface area is 167 Å². The number of aliphatic imine (C=N–C) groups is 1. The van der Waals surface area contributed by atoms with Crippen LogP contribution >= 0.6 is 0 Å². The molecule has 3 rings (SSSR count). The summed E-state index contributed by atoms with van der Waals surface area (Å²) in [6.45, 7) is 6.40. The number of hydrogen-bond acceptors (Lipinski definition) is 5. The van der Waals surface area contributed by atoms with Gasteiger partial charge < -0.3 is 19.8 Å². The van der Waals surface area contributed by atoms with E-state index in [0.717, 1.165) is 43.5 Å². The van der Waals surface area contributed by atoms with Crippen LogP contribution in [-0.4, -0.2) is 62.3 Å². The number of aryl methyl sites for hydroxylation is 1. The molecule has 1 aliphatic heterocycles. The largest absolute Gasteiger partial charge is 0.444 e. The maximum atomic E-state index is 5.62. The number of benzene rings is 1. The van der Waals surface area contributed by atoms with E-state index in [0.29, 0.717) is 18.5 Å². The minimum Gasteiger partial charge on any atom is -0.444 e. The van der Waals surface area contributed by atoms with E-state index >= 15 is 0 Å². The molecule has 0 radical (unpaired) electrons. The van der Waals surface area contributed by atoms with Crippen molar-refractivity contribution >= 4 is 5.96 Å². The number of ether oxygens (including phenoxy) is 1. The molecule has 0 saturated carbocycles. The van der Waals surface area contributed by atoms with Crippen molar-refractivity contribution < 1.29 is 9.15 Å². The average Bonchev–Trinajstić information content (AvgIpc) is 3.36. The molecule has 0 aliphatic carbocycles. The van der Waals surface area contributed by atoms with Crippen molar-refractivity contribution in [3.05, 3.63) is 41.8 Å². The quantitative estimate of drug-likeness (QED) is 0.537. The van der Waals surface area contributed by atoms with Crippen molar-refractivity contribution in [2.75, 3.05) is 40.4 Å². The first kappa shape index (κ1) is 20.4. The summed E-state index contributed by atoms with van der Waals surface area (Å²) in [4.78, 5) is 11.4. The predicted molar refractivity (Wildman–Crippen MR) is 111 cm³/mol. The number of nitrogens with zero attached hydrogens (tertiary/aromatic N) is 3. The third kappa shape index (κ3) is 5.56. The molecular weight excluding hydrogens is 354 g/mol. The normalized spacial score (nSPS) is 17.8. The molecule has 1 saturated heterocycles. The van der Waals surface area contributed by atoms with E-state index in [1.165, 1.54) is 18.4 Å². The van der Waals surface area contributed by atoms with Crippen LogP contribution in [0, 0.1) is 6.92 Å². The van der Waals surface area contributed by atoms with Crippen LogP contribution in [0.1, 0.15) is 24.1 Å². The SMILES string of the molecule is CN=C(NCc1coc(-c2ccc(C)cc2)n1)NCC1CCCN1CCOC. The number of methoxy groups -OCH3 is 1. The van der Waals surface area contributed by atoms with Gasteiger partial charge >= 0.3 is 0 Å². The number of guanidine groups is 1. The molecule has 0 spiro atoms. The van der Waals surface area contributed by atoms with Crippen LogP contribution in [0.15, 0.2) is 39.9 Å². The molecule has 7 nitrogen and oxygen atoms in total. The van der Waals surface area contributed by atoms with E-state index < -0.39 is 0 Å². The zero-order valence-electron chi connectivity index (χ0n) is 17.1. The lowest BCUT2D eigenvalue weighted by Gasteiger charge is -2.25. The van der Waals surface area contributed by atoms with Gasteiger partial charge in [-0.3, -0.25) is 9.89 Å². The van der Waals surface area contributed by atoms with Crippen LogP contribution in [-0.2, 0) is 11.3 Å². The van der Waals surface area contributed by atoms with Gasteiger partial charge in [-0.1, -0.05) is 17.7 Å². The molecule has 1 unspecified atom stereocenters. The van der Waals surface area contributed by atoms with Gasteiger partial charge in [-0.25, -0.2) is 4.98 Å². The van der Waals surface area contributed by atoms with Crippen LogP contribution in [0.3, 0.4) is 0 Å². The minimum atomic E-state index is 0.522. The molecule has 1 aliphatic rings. The molecule has 2 heterocycles. The first-order valence-electron chi connectivity index (χ1n) is 9.88. The standard InChI is InChI=1S/C21H31N5O2/c1-16-6-8-17(9-7-16)20-25-18(15-28-20)13-23-21(22-2)24-14-19-5-4-10-26(19)11-12-27-3/h6-9,15,19H,4-5,10-14H2,1-3H3,(H2,22,23,24). The topological polar surface area (TPSA) is 74.9 Å². The number of nitrogens with one attached hydrogen (secondary N) is 2. The Hall–Kier alpha value is -2.38. The van der Waals surface area contributed by atoms with Crippen molar-refractivity contribution in [3.63, 3.8) is 0 Å². The fraction of sp³-hybridized carbons (Fsp3) is 0.524. The summed E-state index contributed by atoms with van der Waals surface area (Å²) in [7, 11) is 3.54. The van der Waals surface area contributed by atoms with E-state index in [1.807, 2.05) is 12.1 Å². The van der Waals surface area contributed by atoms with Crippen LogP contribution in [0.4, 0.5) is 0 Å². The van der Waals surface area contributed by atoms with Gasteiger partial charge in [0.05, 0.1) is 18.8 Å². The highest BCUT2D eigenvalue weighted by atomic mass is 16.5. The van der Waals surface area contributed by atoms with Crippen LogP contribution in [0.5, 0.6) is 0 Å². The average molecular weight is 386 g/mol. The van der Waals surface area contributed by atoms with Gasteiger partial charge in [-0.05, 0) is 38.4 Å². The summed E-state index contributed by atoms with van der Waals surface area (Å²) in [6, 6.07) is 8.68. The fourth-order valence-electron chi connectivity index (χ4n) is 3.46. The summed E-state index contributed by atoms with van der Waals surface area (Å²) in [6.07, 6.45) is 4.14. The molecule has 1 aromatic carbocycles. The van der Waals surface area contributed by atoms with E-state index in [1.54, 1.807) is 20.4 Å². The molecular formula is C21H31N5O2. The number of oxazole rings is 1. The highest BCUT2D eigenvalue weighted by Crippen LogP contribution is 2.19. The molecule has 7 heteroatoms. The Bertz CT molecular complexity index is 756. The second kappa shape index (κ2) is 10.2. The van der Waals surface area contributed by atoms with Gasteiger partial charge in [0, 0.05) is 38.9 Å². The second-order valence-corrected chi connectivity index (χ2v) is 7.14. The zero-order chi connectivity index (χ0) is 19.8. The molecule has 152 valence electrons. The van der Waals surface area contributed by atoms with Gasteiger partial charge in [0.2, 0.25) is 5.89 Å². The van der Waals surface area contributed by atoms with Crippen molar-refractivity contribution in [2.24, 2.45) is 4.99 Å². The summed E-state index contributed by atoms with van der Waals surface area (Å²) in [5.41, 5.74) is 3.05. The third-order valence-corrected chi connectivity index (χ3v) is 5.10. The highest BCUT2D eigenvalue weighted by Gasteiger charge is 2.23. The Morgan fingerprint density at radius 2 is 2.14 bits per heavy atom. The highest BCUT2D eigenvalue weighted by molar-refractivity contribution is 5.79. The van der Waals surface area contributed by atoms with E-state index in [-0.39, 0.29) is 0 Å². The Morgan fingerprint density at radius 1 is 1.32 bits per heavy atom. The lowest BCUT2D eigenvalue weighted by Crippen LogP contribution is -2.45. The molecule has 1 aromatic heterocycles. The molecule has 0 bridgehead atoms. The molecule has 0 amide bonds. The third-order valence-electron chi connectivity index (χ3n) is 5.10. The second-order valence-electron chi connectivity index (χ2n) is 7.14. The first-order chi connectivity index (χ1) is 13.7. The van der Waals surface area contributed by atoms with Gasteiger partial charge in [0.15, 0.2) is 5.96 Å². The van der Waals surface area contributed by atoms with E-state index in [2.05, 4.69) is 44.6 Å². The maximum absolute atomic E-state index is 5.62. The summed E-state index contributed by atoms with van der Waals surface area (Å²) in [5.74, 6) is 1.41. The summed E-state index contributed by atoms with van der Waals surface area (Å²) in [5, 5.41) is 6.75. The lowest BCUT2D eigenvalue weighted by molar-refractivity contribution is 0.141. The molecule has 1 fully saturated rings. The number of hydrogen-bond donors (Lipinski definition) is 2. The Kier molecular flexibility index (Phi) is 7.45. The number of likely N-dealkylation sites (tertiary alicyclic amines) is 1. The van der Waals surface area contributed by atoms with Crippen molar-refractivity contribution in [1.82, 2.24) is 20.5 Å². The minimum absolute atomic E-state index is 0.522. The van der Waals surface area contributed by atoms with Gasteiger partial charge in [0.1, 0.15) is 6.26 Å². The molecule has 2 aromatic rings. The molecule has 28 heavy (non-hydrogen) atoms. The Morgan fingerprint density at radius 3 is 2.89 bits per heavy atom. The summed E-state index contributed by atoms with van der Waals surface area (Å²) >= 11 is 0.